The van der Waals surface area contributed by atoms with E-state index >= 15 is 0 Å². The number of benzene rings is 8. The van der Waals surface area contributed by atoms with Gasteiger partial charge in [0.25, 0.3) is 23.6 Å². The summed E-state index contributed by atoms with van der Waals surface area (Å²) in [5.74, 6) is -3.63. The molecule has 0 aliphatic rings. The van der Waals surface area contributed by atoms with Crippen LogP contribution in [0.5, 0.6) is 23.0 Å². The van der Waals surface area contributed by atoms with Crippen molar-refractivity contribution < 1.29 is 73.4 Å². The van der Waals surface area contributed by atoms with Gasteiger partial charge in [0.2, 0.25) is 0 Å². The number of carbonyl (C=O) groups is 8. The number of phenols is 4. The van der Waals surface area contributed by atoms with Crippen molar-refractivity contribution >= 4 is 116 Å². The average Bonchev–Trinajstić information content (AvgIpc) is 0.781. The lowest BCUT2D eigenvalue weighted by Crippen LogP contribution is -2.20. The lowest BCUT2D eigenvalue weighted by molar-refractivity contribution is 0.0592. The van der Waals surface area contributed by atoms with Gasteiger partial charge in [0.15, 0.2) is 5.78 Å². The lowest BCUT2D eigenvalue weighted by Gasteiger charge is -2.27. The SMILES string of the molecule is CC(=O)c1ccc(NC(=O)c2cc(C(C)(C)C)cc(C(C)(C)C)c2O)c(Cl)c1.CC(C)Cc1ccc(O)c(C(=O)Nc2ccc(C(=O)O)cc2Cl)c1.COC(=O)c1ccc(NC(=O)c2cc(C(C)(C)C)cc(C(C)(C)C)c2O)c(Cl)c1.COC(=O)c1ccc(NC(=O)c2cc(CC(C)C)ccc2O)c(Cl)c1. The maximum absolute atomic E-state index is 13.0. The number of hydrogen-bond donors (Lipinski definition) is 9. The molecule has 8 aromatic rings. The number of amides is 4. The summed E-state index contributed by atoms with van der Waals surface area (Å²) < 4.78 is 9.29. The summed E-state index contributed by atoms with van der Waals surface area (Å²) in [4.78, 5) is 96.3. The molecule has 0 aliphatic heterocycles. The molecule has 0 radical (unpaired) electrons. The number of phenolic OH excluding ortho intramolecular Hbond substituents is 4. The third-order valence-corrected chi connectivity index (χ3v) is 17.6. The van der Waals surface area contributed by atoms with E-state index in [1.807, 2.05) is 53.7 Å². The van der Waals surface area contributed by atoms with Gasteiger partial charge in [0, 0.05) is 16.7 Å². The van der Waals surface area contributed by atoms with Gasteiger partial charge in [-0.25, -0.2) is 14.4 Å². The van der Waals surface area contributed by atoms with Crippen LogP contribution in [-0.2, 0) is 44.0 Å². The third-order valence-electron chi connectivity index (χ3n) is 16.3. The van der Waals surface area contributed by atoms with E-state index < -0.39 is 41.5 Å². The number of aromatic hydroxyl groups is 4. The average molecular weight is 1530 g/mol. The van der Waals surface area contributed by atoms with E-state index in [-0.39, 0.29) is 115 Å². The minimum atomic E-state index is -1.10. The number of rotatable bonds is 16. The smallest absolute Gasteiger partial charge is 0.337 e. The van der Waals surface area contributed by atoms with Crippen LogP contribution in [0.25, 0.3) is 0 Å². The normalized spacial score (nSPS) is 11.3. The highest BCUT2D eigenvalue weighted by Gasteiger charge is 2.30. The number of nitrogens with one attached hydrogen (secondary N) is 4. The number of halogens is 4. The molecule has 0 aliphatic carbocycles. The molecule has 0 spiro atoms. The number of esters is 2. The first-order valence-electron chi connectivity index (χ1n) is 33.8. The maximum atomic E-state index is 13.0. The van der Waals surface area contributed by atoms with Crippen molar-refractivity contribution in [2.75, 3.05) is 35.5 Å². The van der Waals surface area contributed by atoms with E-state index in [9.17, 15) is 58.8 Å². The predicted molar refractivity (Wildman–Crippen MR) is 422 cm³/mol. The van der Waals surface area contributed by atoms with E-state index in [0.29, 0.717) is 45.6 Å². The first-order chi connectivity index (χ1) is 49.1. The fourth-order valence-electron chi connectivity index (χ4n) is 10.4. The van der Waals surface area contributed by atoms with Crippen molar-refractivity contribution in [3.05, 3.63) is 231 Å². The molecule has 8 aromatic carbocycles. The van der Waals surface area contributed by atoms with Gasteiger partial charge >= 0.3 is 17.9 Å². The second-order valence-corrected chi connectivity index (χ2v) is 31.8. The minimum Gasteiger partial charge on any atom is -0.507 e. The molecule has 23 heteroatoms. The Labute approximate surface area is 640 Å². The number of carboxylic acids is 1. The highest BCUT2D eigenvalue weighted by Crippen LogP contribution is 2.41. The van der Waals surface area contributed by atoms with Crippen LogP contribution in [0, 0.1) is 11.8 Å². The van der Waals surface area contributed by atoms with Gasteiger partial charge < -0.3 is 56.3 Å². The van der Waals surface area contributed by atoms with Crippen LogP contribution < -0.4 is 21.3 Å². The highest BCUT2D eigenvalue weighted by atomic mass is 35.5. The van der Waals surface area contributed by atoms with E-state index in [4.69, 9.17) is 51.5 Å². The van der Waals surface area contributed by atoms with Crippen molar-refractivity contribution in [3.63, 3.8) is 0 Å². The van der Waals surface area contributed by atoms with Gasteiger partial charge in [0.05, 0.1) is 96.0 Å². The van der Waals surface area contributed by atoms with Crippen molar-refractivity contribution in [2.24, 2.45) is 11.8 Å². The van der Waals surface area contributed by atoms with E-state index in [2.05, 4.69) is 100.0 Å². The van der Waals surface area contributed by atoms with E-state index in [0.717, 1.165) is 35.1 Å². The van der Waals surface area contributed by atoms with Crippen LogP contribution in [-0.4, -0.2) is 87.1 Å². The molecular weight excluding hydrogens is 1430 g/mol. The van der Waals surface area contributed by atoms with Crippen LogP contribution in [0.4, 0.5) is 22.7 Å². The van der Waals surface area contributed by atoms with Gasteiger partial charge in [-0.3, -0.25) is 24.0 Å². The Morgan fingerprint density at radius 2 is 0.660 bits per heavy atom. The van der Waals surface area contributed by atoms with Crippen LogP contribution in [0.3, 0.4) is 0 Å². The largest absolute Gasteiger partial charge is 0.507 e. The molecule has 4 amide bonds. The molecule has 106 heavy (non-hydrogen) atoms. The van der Waals surface area contributed by atoms with Gasteiger partial charge in [-0.1, -0.05) is 181 Å². The molecule has 19 nitrogen and oxygen atoms in total. The second kappa shape index (κ2) is 36.4. The Morgan fingerprint density at radius 1 is 0.377 bits per heavy atom. The maximum Gasteiger partial charge on any atom is 0.337 e. The predicted octanol–water partition coefficient (Wildman–Crippen LogP) is 20.3. The van der Waals surface area contributed by atoms with Gasteiger partial charge in [-0.2, -0.15) is 0 Å². The number of carbonyl (C=O) groups excluding carboxylic acids is 7. The molecule has 0 saturated carbocycles. The van der Waals surface area contributed by atoms with Crippen LogP contribution >= 0.6 is 46.4 Å². The number of hydrogen-bond acceptors (Lipinski definition) is 14. The number of aromatic carboxylic acids is 1. The molecule has 0 aromatic heterocycles. The molecule has 9 N–H and O–H groups in total. The third kappa shape index (κ3) is 24.1. The Kier molecular flexibility index (Phi) is 29.8. The Hall–Kier alpha value is -9.92. The number of methoxy groups -OCH3 is 2. The quantitative estimate of drug-likeness (QED) is 0.0321. The Balaban J connectivity index is 0.000000254. The minimum absolute atomic E-state index is 0.0276. The fourth-order valence-corrected chi connectivity index (χ4v) is 11.3. The van der Waals surface area contributed by atoms with Gasteiger partial charge in [-0.05, 0) is 185 Å². The summed E-state index contributed by atoms with van der Waals surface area (Å²) >= 11 is 24.6. The Morgan fingerprint density at radius 3 is 0.925 bits per heavy atom. The first kappa shape index (κ1) is 86.7. The molecule has 0 heterocycles. The zero-order chi connectivity index (χ0) is 80.0. The number of Topliss-reactive ketones (excluding diaryl/α,β-unsaturated/α-hetero) is 1. The lowest BCUT2D eigenvalue weighted by atomic mass is 9.79. The molecule has 0 unspecified atom stereocenters. The van der Waals surface area contributed by atoms with Gasteiger partial charge in [-0.15, -0.1) is 0 Å². The molecule has 564 valence electrons. The zero-order valence-electron chi connectivity index (χ0n) is 63.1. The zero-order valence-corrected chi connectivity index (χ0v) is 66.1. The number of ketones is 1. The number of carboxylic acid groups (broad SMARTS) is 1. The summed E-state index contributed by atoms with van der Waals surface area (Å²) in [5, 5.41) is 62.0. The second-order valence-electron chi connectivity index (χ2n) is 30.2. The van der Waals surface area contributed by atoms with Crippen molar-refractivity contribution in [3.8, 4) is 23.0 Å². The molecule has 0 bridgehead atoms. The Bertz CT molecular complexity index is 4630. The molecular formula is C83H94Cl4N4O15. The highest BCUT2D eigenvalue weighted by molar-refractivity contribution is 6.36. The molecule has 0 atom stereocenters. The van der Waals surface area contributed by atoms with Gasteiger partial charge in [0.1, 0.15) is 23.0 Å². The standard InChI is InChI=1S/C23H28ClNO4.C23H28ClNO3.C19H20ClNO4.C18H18ClNO4/c1-22(2,3)14-11-15(19(26)16(12-14)23(4,5)6)20(27)25-18-9-8-13(10-17(18)24)21(28)29-7;1-13(26)14-8-9-19(18(24)10-14)25-21(28)16-11-15(22(2,3)4)12-17(20(16)27)23(5,6)7;1-11(2)8-12-4-7-17(22)14(9-12)18(23)21-16-6-5-13(10-15(16)20)19(24)25-3;1-10(2)7-11-3-6-16(21)13(8-11)17(22)20-15-5-4-12(18(23)24)9-14(15)19/h8-12,26H,1-7H3,(H,25,27);8-12,27H,1-7H3,(H,25,28);4-7,9-11,22H,8H2,1-3H3,(H,21,23);3-6,8-10,21H,7H2,1-2H3,(H,20,22)(H,23,24). The topological polar surface area (TPSA) is 304 Å². The summed E-state index contributed by atoms with van der Waals surface area (Å²) in [7, 11) is 2.56. The summed E-state index contributed by atoms with van der Waals surface area (Å²) in [6.45, 7) is 34.0. The molecule has 8 rings (SSSR count). The van der Waals surface area contributed by atoms with Crippen LogP contribution in [0.1, 0.15) is 234 Å². The number of anilines is 4. The van der Waals surface area contributed by atoms with Crippen molar-refractivity contribution in [2.45, 2.75) is 152 Å². The summed E-state index contributed by atoms with van der Waals surface area (Å²) in [6, 6.07) is 34.9. The van der Waals surface area contributed by atoms with E-state index in [1.165, 1.54) is 93.9 Å². The van der Waals surface area contributed by atoms with Crippen molar-refractivity contribution in [1.82, 2.24) is 0 Å². The number of ether oxygens (including phenoxy) is 2. The van der Waals surface area contributed by atoms with Crippen LogP contribution in [0.15, 0.2) is 133 Å². The van der Waals surface area contributed by atoms with Crippen molar-refractivity contribution in [1.29, 1.82) is 0 Å². The fraction of sp³-hybridized carbons (Fsp3) is 0.325. The molecule has 0 saturated heterocycles. The van der Waals surface area contributed by atoms with Crippen LogP contribution in [0.2, 0.25) is 20.1 Å². The summed E-state index contributed by atoms with van der Waals surface area (Å²) in [6.07, 6.45) is 1.59. The first-order valence-corrected chi connectivity index (χ1v) is 35.3. The summed E-state index contributed by atoms with van der Waals surface area (Å²) in [5.41, 5.74) is 7.23. The van der Waals surface area contributed by atoms with E-state index in [1.54, 1.807) is 48.5 Å². The molecule has 0 fully saturated rings. The monoisotopic (exact) mass is 1530 g/mol.